The number of aromatic hydroxyl groups is 4. The Morgan fingerprint density at radius 3 is 0.539 bits per heavy atom. The van der Waals surface area contributed by atoms with Crippen LogP contribution in [0.4, 0.5) is 0 Å². The van der Waals surface area contributed by atoms with Crippen LogP contribution in [0.5, 0.6) is 23.0 Å². The number of phenols is 4. The highest BCUT2D eigenvalue weighted by Gasteiger charge is 2.34. The average Bonchev–Trinajstić information content (AvgIpc) is 0.833. The SMILES string of the molecule is CC(C(=O)NCCCCCCNC(=O)C(C)c1cc(C(C)(C)C)c(O)c(C(C)(C)C)c1)c1cc(C(C)(C)C)c(O)c(C(C)(C)C)c1.CC(C(=O)NCCCNC(=O)C(C)c1cc(C(C)(C)C)c(O)c(C(C)(C)C)c1)c1cc(C(C)(C)C)c(O)c(C(C)(C)C)c1. The fraction of sp³-hybridized carbons (Fsp3) is 0.636. The molecule has 8 N–H and O–H groups in total. The summed E-state index contributed by atoms with van der Waals surface area (Å²) in [5.74, 6) is -0.358. The largest absolute Gasteiger partial charge is 0.507 e. The molecule has 0 heterocycles. The van der Waals surface area contributed by atoms with Crippen molar-refractivity contribution in [2.24, 2.45) is 0 Å². The first-order valence-electron chi connectivity index (χ1n) is 32.9. The predicted molar refractivity (Wildman–Crippen MR) is 371 cm³/mol. The first-order chi connectivity index (χ1) is 40.2. The van der Waals surface area contributed by atoms with E-state index < -0.39 is 0 Å². The van der Waals surface area contributed by atoms with Crippen LogP contribution in [0.15, 0.2) is 48.5 Å². The lowest BCUT2D eigenvalue weighted by Gasteiger charge is -2.29. The van der Waals surface area contributed by atoms with Crippen molar-refractivity contribution in [2.75, 3.05) is 26.2 Å². The molecule has 12 nitrogen and oxygen atoms in total. The minimum Gasteiger partial charge on any atom is -0.507 e. The lowest BCUT2D eigenvalue weighted by molar-refractivity contribution is -0.123. The smallest absolute Gasteiger partial charge is 0.227 e. The second-order valence-corrected chi connectivity index (χ2v) is 33.7. The van der Waals surface area contributed by atoms with E-state index in [4.69, 9.17) is 0 Å². The highest BCUT2D eigenvalue weighted by atomic mass is 16.3. The molecule has 0 aromatic heterocycles. The minimum atomic E-state index is -0.388. The van der Waals surface area contributed by atoms with Crippen molar-refractivity contribution in [2.45, 2.75) is 293 Å². The van der Waals surface area contributed by atoms with E-state index in [2.05, 4.69) is 187 Å². The third kappa shape index (κ3) is 21.3. The number of hydrogen-bond acceptors (Lipinski definition) is 8. The molecule has 12 heteroatoms. The van der Waals surface area contributed by atoms with Crippen LogP contribution in [0.3, 0.4) is 0 Å². The molecule has 4 aromatic carbocycles. The van der Waals surface area contributed by atoms with Gasteiger partial charge in [-0.15, -0.1) is 0 Å². The molecule has 4 amide bonds. The van der Waals surface area contributed by atoms with Crippen LogP contribution in [0.1, 0.15) is 316 Å². The van der Waals surface area contributed by atoms with Gasteiger partial charge in [0.2, 0.25) is 23.6 Å². The van der Waals surface area contributed by atoms with E-state index in [-0.39, 0.29) is 90.6 Å². The third-order valence-electron chi connectivity index (χ3n) is 17.2. The molecular weight excluding hydrogens is 1110 g/mol. The molecule has 0 bridgehead atoms. The molecule has 0 saturated heterocycles. The molecule has 4 rings (SSSR count). The van der Waals surface area contributed by atoms with Gasteiger partial charge < -0.3 is 41.7 Å². The van der Waals surface area contributed by atoms with Gasteiger partial charge >= 0.3 is 0 Å². The van der Waals surface area contributed by atoms with Crippen molar-refractivity contribution in [3.05, 3.63) is 115 Å². The maximum Gasteiger partial charge on any atom is 0.227 e. The number of phenolic OH excluding ortho intramolecular Hbond substituents is 4. The molecule has 4 unspecified atom stereocenters. The molecular formula is C77H122N4O8. The Labute approximate surface area is 539 Å². The number of nitrogens with one attached hydrogen (secondary N) is 4. The second kappa shape index (κ2) is 29.5. The Balaban J connectivity index is 0.000000466. The summed E-state index contributed by atoms with van der Waals surface area (Å²) in [5, 5.41) is 56.3. The van der Waals surface area contributed by atoms with E-state index in [1.165, 1.54) is 0 Å². The lowest BCUT2D eigenvalue weighted by Crippen LogP contribution is -2.33. The zero-order chi connectivity index (χ0) is 68.7. The summed E-state index contributed by atoms with van der Waals surface area (Å²) >= 11 is 0. The van der Waals surface area contributed by atoms with Crippen molar-refractivity contribution in [1.29, 1.82) is 0 Å². The van der Waals surface area contributed by atoms with Gasteiger partial charge in [-0.2, -0.15) is 0 Å². The average molecular weight is 1230 g/mol. The summed E-state index contributed by atoms with van der Waals surface area (Å²) < 4.78 is 0. The predicted octanol–water partition coefficient (Wildman–Crippen LogP) is 16.8. The maximum absolute atomic E-state index is 13.1. The molecule has 0 aliphatic heterocycles. The van der Waals surface area contributed by atoms with Gasteiger partial charge in [-0.05, 0) is 157 Å². The Morgan fingerprint density at radius 1 is 0.270 bits per heavy atom. The van der Waals surface area contributed by atoms with E-state index >= 15 is 0 Å². The van der Waals surface area contributed by atoms with Crippen molar-refractivity contribution in [1.82, 2.24) is 21.3 Å². The number of carbonyl (C=O) groups is 4. The number of unbranched alkanes of at least 4 members (excludes halogenated alkanes) is 3. The molecule has 498 valence electrons. The molecule has 4 aromatic rings. The van der Waals surface area contributed by atoms with Crippen molar-refractivity contribution in [3.63, 3.8) is 0 Å². The van der Waals surface area contributed by atoms with Gasteiger partial charge in [0.15, 0.2) is 0 Å². The van der Waals surface area contributed by atoms with Crippen LogP contribution in [0.25, 0.3) is 0 Å². The summed E-state index contributed by atoms with van der Waals surface area (Å²) in [6.45, 7) is 59.4. The van der Waals surface area contributed by atoms with E-state index in [9.17, 15) is 39.6 Å². The lowest BCUT2D eigenvalue weighted by atomic mass is 9.77. The van der Waals surface area contributed by atoms with E-state index in [1.54, 1.807) is 0 Å². The monoisotopic (exact) mass is 1230 g/mol. The zero-order valence-corrected chi connectivity index (χ0v) is 60.7. The molecule has 0 radical (unpaired) electrons. The minimum absolute atomic E-state index is 0.00914. The number of hydrogen-bond donors (Lipinski definition) is 8. The molecule has 0 spiro atoms. The van der Waals surface area contributed by atoms with Gasteiger partial charge in [0, 0.05) is 26.2 Å². The van der Waals surface area contributed by atoms with Gasteiger partial charge in [0.05, 0.1) is 23.7 Å². The quantitative estimate of drug-likeness (QED) is 0.0424. The number of amides is 4. The van der Waals surface area contributed by atoms with Gasteiger partial charge in [-0.3, -0.25) is 19.2 Å². The summed E-state index contributed by atoms with van der Waals surface area (Å²) in [6.07, 6.45) is 4.27. The Bertz CT molecular complexity index is 2750. The summed E-state index contributed by atoms with van der Waals surface area (Å²) in [7, 11) is 0. The van der Waals surface area contributed by atoms with Crippen molar-refractivity contribution < 1.29 is 39.6 Å². The molecule has 0 fully saturated rings. The number of carbonyl (C=O) groups excluding carboxylic acids is 4. The molecule has 0 saturated carbocycles. The van der Waals surface area contributed by atoms with E-state index in [1.807, 2.05) is 76.2 Å². The first kappa shape index (κ1) is 77.2. The van der Waals surface area contributed by atoms with E-state index in [0.717, 1.165) is 92.4 Å². The van der Waals surface area contributed by atoms with Crippen molar-refractivity contribution in [3.8, 4) is 23.0 Å². The highest BCUT2D eigenvalue weighted by molar-refractivity contribution is 5.85. The Hall–Kier alpha value is -6.04. The summed E-state index contributed by atoms with van der Waals surface area (Å²) in [4.78, 5) is 52.4. The van der Waals surface area contributed by atoms with Crippen LogP contribution in [0.2, 0.25) is 0 Å². The third-order valence-corrected chi connectivity index (χ3v) is 17.2. The topological polar surface area (TPSA) is 197 Å². The first-order valence-corrected chi connectivity index (χ1v) is 32.9. The Morgan fingerprint density at radius 2 is 0.404 bits per heavy atom. The van der Waals surface area contributed by atoms with Gasteiger partial charge in [0.25, 0.3) is 0 Å². The van der Waals surface area contributed by atoms with E-state index in [0.29, 0.717) is 55.6 Å². The standard InChI is InChI=1S/C40H64N2O4.C37H58N2O4/c1-25(27-21-29(37(3,4)5)33(43)30(22-27)38(6,7)8)35(45)41-19-17-15-16-18-20-42-36(46)26(2)28-23-31(39(9,10)11)34(44)32(24-28)40(12,13)14;1-22(24-18-26(34(3,4)5)30(40)27(19-24)35(6,7)8)32(42)38-16-15-17-39-33(43)23(2)25-20-28(36(9,10)11)31(41)29(21-25)37(12,13)14/h21-26,43-44H,15-20H2,1-14H3,(H,41,45)(H,42,46);18-23,40-41H,15-17H2,1-14H3,(H,38,42)(H,39,43). The van der Waals surface area contributed by atoms with Crippen LogP contribution >= 0.6 is 0 Å². The Kier molecular flexibility index (Phi) is 25.6. The van der Waals surface area contributed by atoms with Crippen LogP contribution in [-0.4, -0.2) is 70.2 Å². The highest BCUT2D eigenvalue weighted by Crippen LogP contribution is 2.45. The number of rotatable bonds is 19. The fourth-order valence-corrected chi connectivity index (χ4v) is 11.0. The summed E-state index contributed by atoms with van der Waals surface area (Å²) in [6, 6.07) is 15.8. The molecule has 0 aliphatic carbocycles. The summed E-state index contributed by atoms with van der Waals surface area (Å²) in [5.41, 5.74) is 8.35. The van der Waals surface area contributed by atoms with Crippen LogP contribution in [-0.2, 0) is 62.5 Å². The normalized spacial score (nSPS) is 14.2. The molecule has 0 aliphatic rings. The molecule has 89 heavy (non-hydrogen) atoms. The number of benzene rings is 4. The van der Waals surface area contributed by atoms with Gasteiger partial charge in [0.1, 0.15) is 23.0 Å². The second-order valence-electron chi connectivity index (χ2n) is 33.7. The van der Waals surface area contributed by atoms with Crippen LogP contribution < -0.4 is 21.3 Å². The fourth-order valence-electron chi connectivity index (χ4n) is 11.0. The maximum atomic E-state index is 13.1. The van der Waals surface area contributed by atoms with Gasteiger partial charge in [-0.1, -0.05) is 228 Å². The van der Waals surface area contributed by atoms with Crippen molar-refractivity contribution >= 4 is 23.6 Å². The molecule has 4 atom stereocenters. The van der Waals surface area contributed by atoms with Crippen LogP contribution in [0, 0.1) is 0 Å². The zero-order valence-electron chi connectivity index (χ0n) is 60.7. The van der Waals surface area contributed by atoms with Gasteiger partial charge in [-0.25, -0.2) is 0 Å².